The fraction of sp³-hybridized carbons (Fsp3) is 0.467. The zero-order valence-corrected chi connectivity index (χ0v) is 13.6. The van der Waals surface area contributed by atoms with Crippen molar-refractivity contribution < 1.29 is 13.3 Å². The number of nitrogens with one attached hydrogen (secondary N) is 1. The van der Waals surface area contributed by atoms with Crippen molar-refractivity contribution in [3.05, 3.63) is 47.1 Å². The predicted octanol–water partition coefficient (Wildman–Crippen LogP) is 2.13. The summed E-state index contributed by atoms with van der Waals surface area (Å²) in [6.07, 6.45) is 0.710. The molecule has 3 rings (SSSR count). The molecular formula is C15H19ClF2N4O. The van der Waals surface area contributed by atoms with Gasteiger partial charge in [-0.1, -0.05) is 17.3 Å². The number of likely N-dealkylation sites (N-methyl/N-ethyl adjacent to an activating group) is 1. The van der Waals surface area contributed by atoms with Crippen LogP contribution in [0.2, 0.25) is 0 Å². The monoisotopic (exact) mass is 344 g/mol. The number of halogens is 3. The molecule has 1 saturated heterocycles. The first kappa shape index (κ1) is 17.8. The Morgan fingerprint density at radius 1 is 1.35 bits per heavy atom. The lowest BCUT2D eigenvalue weighted by molar-refractivity contribution is 0.190. The highest BCUT2D eigenvalue weighted by Gasteiger charge is 2.25. The van der Waals surface area contributed by atoms with Crippen molar-refractivity contribution in [1.82, 2.24) is 20.4 Å². The molecule has 1 aliphatic heterocycles. The first-order chi connectivity index (χ1) is 10.6. The van der Waals surface area contributed by atoms with Crippen molar-refractivity contribution in [2.24, 2.45) is 0 Å². The lowest BCUT2D eigenvalue weighted by atomic mass is 10.1. The molecule has 0 amide bonds. The Morgan fingerprint density at radius 3 is 2.96 bits per heavy atom. The van der Waals surface area contributed by atoms with Crippen LogP contribution in [-0.4, -0.2) is 41.7 Å². The van der Waals surface area contributed by atoms with Crippen molar-refractivity contribution in [2.75, 3.05) is 26.7 Å². The molecule has 126 valence electrons. The maximum Gasteiger partial charge on any atom is 0.227 e. The van der Waals surface area contributed by atoms with Crippen molar-refractivity contribution >= 4 is 12.4 Å². The van der Waals surface area contributed by atoms with E-state index in [-0.39, 0.29) is 18.4 Å². The minimum absolute atomic E-state index is 0. The second-order valence-electron chi connectivity index (χ2n) is 5.46. The molecule has 1 atom stereocenters. The molecular weight excluding hydrogens is 326 g/mol. The van der Waals surface area contributed by atoms with Gasteiger partial charge in [0, 0.05) is 26.1 Å². The largest absolute Gasteiger partial charge is 0.339 e. The molecule has 23 heavy (non-hydrogen) atoms. The van der Waals surface area contributed by atoms with E-state index in [1.807, 2.05) is 7.05 Å². The molecule has 1 aromatic heterocycles. The number of rotatable bonds is 4. The number of nitrogens with zero attached hydrogens (tertiary/aromatic N) is 3. The highest BCUT2D eigenvalue weighted by Crippen LogP contribution is 2.19. The molecule has 1 fully saturated rings. The van der Waals surface area contributed by atoms with Crippen LogP contribution in [0.15, 0.2) is 22.7 Å². The van der Waals surface area contributed by atoms with Crippen LogP contribution in [0.1, 0.15) is 23.3 Å². The van der Waals surface area contributed by atoms with E-state index in [1.54, 1.807) is 6.07 Å². The molecule has 0 aliphatic carbocycles. The van der Waals surface area contributed by atoms with Gasteiger partial charge in [0.1, 0.15) is 0 Å². The summed E-state index contributed by atoms with van der Waals surface area (Å²) in [5.41, 5.74) is 0.316. The zero-order valence-electron chi connectivity index (χ0n) is 12.8. The van der Waals surface area contributed by atoms with Gasteiger partial charge < -0.3 is 9.84 Å². The topological polar surface area (TPSA) is 54.2 Å². The molecule has 1 N–H and O–H groups in total. The molecule has 1 aliphatic rings. The summed E-state index contributed by atoms with van der Waals surface area (Å²) in [7, 11) is 2.02. The second-order valence-corrected chi connectivity index (χ2v) is 5.46. The average molecular weight is 345 g/mol. The lowest BCUT2D eigenvalue weighted by Crippen LogP contribution is -2.44. The Morgan fingerprint density at radius 2 is 2.17 bits per heavy atom. The Kier molecular flexibility index (Phi) is 6.04. The normalized spacial score (nSPS) is 18.7. The van der Waals surface area contributed by atoms with Crippen LogP contribution in [0.4, 0.5) is 8.78 Å². The van der Waals surface area contributed by atoms with Gasteiger partial charge in [0.2, 0.25) is 5.89 Å². The zero-order chi connectivity index (χ0) is 15.5. The molecule has 0 bridgehead atoms. The van der Waals surface area contributed by atoms with Gasteiger partial charge in [0.05, 0.1) is 6.04 Å². The van der Waals surface area contributed by atoms with Crippen LogP contribution in [0, 0.1) is 11.6 Å². The van der Waals surface area contributed by atoms with Crippen LogP contribution >= 0.6 is 12.4 Å². The van der Waals surface area contributed by atoms with Gasteiger partial charge in [-0.3, -0.25) is 4.90 Å². The van der Waals surface area contributed by atoms with Gasteiger partial charge in [-0.25, -0.2) is 8.78 Å². The number of piperazine rings is 1. The minimum atomic E-state index is -0.835. The highest BCUT2D eigenvalue weighted by molar-refractivity contribution is 5.85. The summed E-state index contributed by atoms with van der Waals surface area (Å²) in [5.74, 6) is -0.570. The summed E-state index contributed by atoms with van der Waals surface area (Å²) in [4.78, 5) is 6.54. The molecule has 5 nitrogen and oxygen atoms in total. The Labute approximate surface area is 139 Å². The van der Waals surface area contributed by atoms with Gasteiger partial charge in [0.15, 0.2) is 17.5 Å². The Balaban J connectivity index is 0.00000192. The van der Waals surface area contributed by atoms with Gasteiger partial charge in [-0.15, -0.1) is 12.4 Å². The fourth-order valence-corrected chi connectivity index (χ4v) is 2.58. The van der Waals surface area contributed by atoms with Crippen LogP contribution in [0.3, 0.4) is 0 Å². The molecule has 0 radical (unpaired) electrons. The van der Waals surface area contributed by atoms with E-state index >= 15 is 0 Å². The van der Waals surface area contributed by atoms with Crippen molar-refractivity contribution in [1.29, 1.82) is 0 Å². The van der Waals surface area contributed by atoms with E-state index < -0.39 is 11.6 Å². The van der Waals surface area contributed by atoms with Crippen LogP contribution < -0.4 is 5.32 Å². The first-order valence-corrected chi connectivity index (χ1v) is 7.31. The molecule has 2 heterocycles. The van der Waals surface area contributed by atoms with Gasteiger partial charge in [-0.05, 0) is 25.1 Å². The SMILES string of the molecule is CN1CCNCC1c1noc(CCc2cccc(F)c2F)n1.Cl. The van der Waals surface area contributed by atoms with Crippen LogP contribution in [0.25, 0.3) is 0 Å². The Hall–Kier alpha value is -1.57. The smallest absolute Gasteiger partial charge is 0.227 e. The van der Waals surface area contributed by atoms with Crippen molar-refractivity contribution in [3.8, 4) is 0 Å². The van der Waals surface area contributed by atoms with E-state index in [9.17, 15) is 8.78 Å². The molecule has 2 aromatic rings. The maximum atomic E-state index is 13.6. The average Bonchev–Trinajstić information content (AvgIpc) is 2.98. The molecule has 0 saturated carbocycles. The molecule has 0 spiro atoms. The highest BCUT2D eigenvalue weighted by atomic mass is 35.5. The van der Waals surface area contributed by atoms with E-state index in [2.05, 4.69) is 20.4 Å². The van der Waals surface area contributed by atoms with Gasteiger partial charge in [0.25, 0.3) is 0 Å². The van der Waals surface area contributed by atoms with Crippen molar-refractivity contribution in [2.45, 2.75) is 18.9 Å². The first-order valence-electron chi connectivity index (χ1n) is 7.31. The number of hydrogen-bond acceptors (Lipinski definition) is 5. The number of aromatic nitrogens is 2. The summed E-state index contributed by atoms with van der Waals surface area (Å²) in [6, 6.07) is 4.25. The predicted molar refractivity (Wildman–Crippen MR) is 83.6 cm³/mol. The summed E-state index contributed by atoms with van der Waals surface area (Å²) in [6.45, 7) is 2.63. The molecule has 1 aromatic carbocycles. The quantitative estimate of drug-likeness (QED) is 0.921. The third-order valence-corrected chi connectivity index (χ3v) is 3.93. The van der Waals surface area contributed by atoms with E-state index in [4.69, 9.17) is 4.52 Å². The van der Waals surface area contributed by atoms with Crippen molar-refractivity contribution in [3.63, 3.8) is 0 Å². The number of hydrogen-bond donors (Lipinski definition) is 1. The van der Waals surface area contributed by atoms with Crippen LogP contribution in [0.5, 0.6) is 0 Å². The van der Waals surface area contributed by atoms with E-state index in [0.29, 0.717) is 30.1 Å². The summed E-state index contributed by atoms with van der Waals surface area (Å²) in [5, 5.41) is 7.30. The summed E-state index contributed by atoms with van der Waals surface area (Å²) < 4.78 is 32.0. The maximum absolute atomic E-state index is 13.6. The van der Waals surface area contributed by atoms with E-state index in [0.717, 1.165) is 25.7 Å². The minimum Gasteiger partial charge on any atom is -0.339 e. The van der Waals surface area contributed by atoms with Gasteiger partial charge >= 0.3 is 0 Å². The molecule has 8 heteroatoms. The lowest BCUT2D eigenvalue weighted by Gasteiger charge is -2.30. The Bertz CT molecular complexity index is 652. The van der Waals surface area contributed by atoms with Crippen LogP contribution in [-0.2, 0) is 12.8 Å². The number of benzene rings is 1. The number of aryl methyl sites for hydroxylation is 2. The fourth-order valence-electron chi connectivity index (χ4n) is 2.58. The van der Waals surface area contributed by atoms with Gasteiger partial charge in [-0.2, -0.15) is 4.98 Å². The third-order valence-electron chi connectivity index (χ3n) is 3.93. The third kappa shape index (κ3) is 4.04. The molecule has 1 unspecified atom stereocenters. The summed E-state index contributed by atoms with van der Waals surface area (Å²) >= 11 is 0. The second kappa shape index (κ2) is 7.81. The standard InChI is InChI=1S/C15H18F2N4O.ClH/c1-21-8-7-18-9-12(21)15-19-13(22-20-15)6-5-10-3-2-4-11(16)14(10)17;/h2-4,12,18H,5-9H2,1H3;1H. The van der Waals surface area contributed by atoms with E-state index in [1.165, 1.54) is 6.07 Å².